The van der Waals surface area contributed by atoms with Gasteiger partial charge in [0.1, 0.15) is 0 Å². The summed E-state index contributed by atoms with van der Waals surface area (Å²) in [5, 5.41) is 4.35. The average Bonchev–Trinajstić information content (AvgIpc) is 2.78. The van der Waals surface area contributed by atoms with Gasteiger partial charge in [-0.3, -0.25) is 0 Å². The van der Waals surface area contributed by atoms with E-state index in [2.05, 4.69) is 17.4 Å². The van der Waals surface area contributed by atoms with E-state index < -0.39 is 0 Å². The summed E-state index contributed by atoms with van der Waals surface area (Å²) < 4.78 is 5.36. The SMILES string of the molecule is CN(C)C(=O)O[C@@H]1[N]CC[C@@H]1c1ccccc1. The molecule has 0 spiro atoms. The average molecular weight is 233 g/mol. The van der Waals surface area contributed by atoms with Gasteiger partial charge in [-0.05, 0) is 12.0 Å². The number of hydrogen-bond donors (Lipinski definition) is 0. The first-order valence-corrected chi connectivity index (χ1v) is 5.78. The van der Waals surface area contributed by atoms with Gasteiger partial charge < -0.3 is 9.64 Å². The maximum Gasteiger partial charge on any atom is 0.410 e. The molecule has 0 bridgehead atoms. The largest absolute Gasteiger partial charge is 0.428 e. The molecule has 0 aliphatic carbocycles. The zero-order chi connectivity index (χ0) is 12.3. The Morgan fingerprint density at radius 1 is 1.35 bits per heavy atom. The van der Waals surface area contributed by atoms with E-state index in [1.54, 1.807) is 14.1 Å². The predicted octanol–water partition coefficient (Wildman–Crippen LogP) is 1.80. The van der Waals surface area contributed by atoms with Crippen molar-refractivity contribution >= 4 is 6.09 Å². The fourth-order valence-corrected chi connectivity index (χ4v) is 1.97. The second kappa shape index (κ2) is 5.19. The molecule has 1 aromatic rings. The standard InChI is InChI=1S/C13H17N2O2/c1-15(2)13(16)17-12-11(8-9-14-12)10-6-4-3-5-7-10/h3-7,11-12H,8-9H2,1-2H3/t11-,12+/m1/s1. The first-order valence-electron chi connectivity index (χ1n) is 5.78. The van der Waals surface area contributed by atoms with Crippen LogP contribution in [0.1, 0.15) is 17.9 Å². The number of amides is 1. The molecule has 2 rings (SSSR count). The van der Waals surface area contributed by atoms with Crippen LogP contribution in [0.15, 0.2) is 30.3 Å². The third-order valence-corrected chi connectivity index (χ3v) is 2.91. The number of ether oxygens (including phenoxy) is 1. The van der Waals surface area contributed by atoms with Gasteiger partial charge in [0.25, 0.3) is 0 Å². The van der Waals surface area contributed by atoms with Crippen LogP contribution in [0, 0.1) is 0 Å². The summed E-state index contributed by atoms with van der Waals surface area (Å²) in [5.74, 6) is 0.195. The third kappa shape index (κ3) is 2.77. The van der Waals surface area contributed by atoms with Crippen molar-refractivity contribution in [2.75, 3.05) is 20.6 Å². The highest BCUT2D eigenvalue weighted by Gasteiger charge is 2.32. The summed E-state index contributed by atoms with van der Waals surface area (Å²) >= 11 is 0. The quantitative estimate of drug-likeness (QED) is 0.781. The molecule has 1 aliphatic rings. The molecule has 0 unspecified atom stereocenters. The van der Waals surface area contributed by atoms with Crippen molar-refractivity contribution < 1.29 is 9.53 Å². The van der Waals surface area contributed by atoms with Crippen molar-refractivity contribution in [3.8, 4) is 0 Å². The molecule has 91 valence electrons. The Morgan fingerprint density at radius 2 is 2.06 bits per heavy atom. The van der Waals surface area contributed by atoms with Crippen LogP contribution in [0.2, 0.25) is 0 Å². The Bertz CT molecular complexity index is 378. The minimum atomic E-state index is -0.340. The fraction of sp³-hybridized carbons (Fsp3) is 0.462. The van der Waals surface area contributed by atoms with Crippen molar-refractivity contribution in [2.24, 2.45) is 0 Å². The molecular formula is C13H17N2O2. The molecular weight excluding hydrogens is 216 g/mol. The van der Waals surface area contributed by atoms with E-state index in [4.69, 9.17) is 4.74 Å². The first-order chi connectivity index (χ1) is 8.18. The summed E-state index contributed by atoms with van der Waals surface area (Å²) in [6.45, 7) is 0.755. The number of nitrogens with zero attached hydrogens (tertiary/aromatic N) is 2. The van der Waals surface area contributed by atoms with Crippen LogP contribution >= 0.6 is 0 Å². The second-order valence-electron chi connectivity index (χ2n) is 4.38. The molecule has 1 saturated heterocycles. The molecule has 4 heteroatoms. The van der Waals surface area contributed by atoms with Gasteiger partial charge in [-0.25, -0.2) is 4.79 Å². The first kappa shape index (κ1) is 11.9. The molecule has 1 aliphatic heterocycles. The summed E-state index contributed by atoms with van der Waals surface area (Å²) in [6, 6.07) is 10.1. The van der Waals surface area contributed by atoms with E-state index >= 15 is 0 Å². The Kier molecular flexibility index (Phi) is 3.64. The van der Waals surface area contributed by atoms with Gasteiger partial charge in [0.2, 0.25) is 0 Å². The summed E-state index contributed by atoms with van der Waals surface area (Å²) in [6.07, 6.45) is 0.268. The van der Waals surface area contributed by atoms with Crippen LogP contribution in [-0.4, -0.2) is 37.9 Å². The minimum Gasteiger partial charge on any atom is -0.428 e. The van der Waals surface area contributed by atoms with Crippen LogP contribution in [0.25, 0.3) is 0 Å². The predicted molar refractivity (Wildman–Crippen MR) is 64.8 cm³/mol. The van der Waals surface area contributed by atoms with Crippen molar-refractivity contribution in [2.45, 2.75) is 18.6 Å². The number of carbonyl (C=O) groups is 1. The number of hydrogen-bond acceptors (Lipinski definition) is 2. The normalized spacial score (nSPS) is 23.4. The molecule has 1 amide bonds. The van der Waals surface area contributed by atoms with Gasteiger partial charge in [0, 0.05) is 26.6 Å². The molecule has 2 atom stereocenters. The highest BCUT2D eigenvalue weighted by molar-refractivity contribution is 5.67. The lowest BCUT2D eigenvalue weighted by Crippen LogP contribution is -2.33. The Hall–Kier alpha value is -1.55. The topological polar surface area (TPSA) is 43.6 Å². The van der Waals surface area contributed by atoms with Crippen LogP contribution < -0.4 is 5.32 Å². The summed E-state index contributed by atoms with van der Waals surface area (Å²) in [4.78, 5) is 12.9. The number of carbonyl (C=O) groups excluding carboxylic acids is 1. The fourth-order valence-electron chi connectivity index (χ4n) is 1.97. The smallest absolute Gasteiger partial charge is 0.410 e. The molecule has 1 aromatic carbocycles. The monoisotopic (exact) mass is 233 g/mol. The van der Waals surface area contributed by atoms with Crippen LogP contribution in [0.4, 0.5) is 4.79 Å². The Balaban J connectivity index is 2.05. The second-order valence-corrected chi connectivity index (χ2v) is 4.38. The zero-order valence-corrected chi connectivity index (χ0v) is 10.2. The molecule has 1 radical (unpaired) electrons. The van der Waals surface area contributed by atoms with Gasteiger partial charge in [0.05, 0.1) is 0 Å². The minimum absolute atomic E-state index is 0.195. The number of benzene rings is 1. The van der Waals surface area contributed by atoms with Gasteiger partial charge in [-0.15, -0.1) is 0 Å². The van der Waals surface area contributed by atoms with Gasteiger partial charge in [0.15, 0.2) is 6.23 Å². The zero-order valence-electron chi connectivity index (χ0n) is 10.2. The van der Waals surface area contributed by atoms with Crippen molar-refractivity contribution in [1.29, 1.82) is 0 Å². The highest BCUT2D eigenvalue weighted by atomic mass is 16.6. The van der Waals surface area contributed by atoms with E-state index in [-0.39, 0.29) is 18.2 Å². The lowest BCUT2D eigenvalue weighted by atomic mass is 9.97. The van der Waals surface area contributed by atoms with E-state index in [1.807, 2.05) is 18.2 Å². The lowest BCUT2D eigenvalue weighted by molar-refractivity contribution is 0.0576. The molecule has 1 heterocycles. The van der Waals surface area contributed by atoms with Crippen molar-refractivity contribution in [3.05, 3.63) is 35.9 Å². The van der Waals surface area contributed by atoms with E-state index in [9.17, 15) is 4.79 Å². The highest BCUT2D eigenvalue weighted by Crippen LogP contribution is 2.29. The molecule has 17 heavy (non-hydrogen) atoms. The molecule has 0 aromatic heterocycles. The van der Waals surface area contributed by atoms with Crippen LogP contribution in [-0.2, 0) is 4.74 Å². The van der Waals surface area contributed by atoms with Gasteiger partial charge in [-0.1, -0.05) is 30.3 Å². The maximum absolute atomic E-state index is 11.5. The Labute approximate surface area is 102 Å². The molecule has 1 fully saturated rings. The van der Waals surface area contributed by atoms with Crippen molar-refractivity contribution in [3.63, 3.8) is 0 Å². The molecule has 0 saturated carbocycles. The van der Waals surface area contributed by atoms with Gasteiger partial charge in [-0.2, -0.15) is 5.32 Å². The third-order valence-electron chi connectivity index (χ3n) is 2.91. The lowest BCUT2D eigenvalue weighted by Gasteiger charge is -2.21. The van der Waals surface area contributed by atoms with Gasteiger partial charge >= 0.3 is 6.09 Å². The van der Waals surface area contributed by atoms with E-state index in [0.717, 1.165) is 13.0 Å². The number of rotatable bonds is 2. The summed E-state index contributed by atoms with van der Waals surface area (Å²) in [5.41, 5.74) is 1.19. The van der Waals surface area contributed by atoms with Crippen LogP contribution in [0.5, 0.6) is 0 Å². The Morgan fingerprint density at radius 3 is 2.71 bits per heavy atom. The van der Waals surface area contributed by atoms with Crippen LogP contribution in [0.3, 0.4) is 0 Å². The molecule has 0 N–H and O–H groups in total. The molecule has 4 nitrogen and oxygen atoms in total. The van der Waals surface area contributed by atoms with E-state index in [1.165, 1.54) is 10.5 Å². The summed E-state index contributed by atoms with van der Waals surface area (Å²) in [7, 11) is 3.35. The van der Waals surface area contributed by atoms with E-state index in [0.29, 0.717) is 0 Å². The maximum atomic E-state index is 11.5. The van der Waals surface area contributed by atoms with Crippen molar-refractivity contribution in [1.82, 2.24) is 10.2 Å².